The predicted molar refractivity (Wildman–Crippen MR) is 126 cm³/mol. The van der Waals surface area contributed by atoms with E-state index in [4.69, 9.17) is 10.5 Å². The van der Waals surface area contributed by atoms with Gasteiger partial charge in [-0.2, -0.15) is 0 Å². The fourth-order valence-corrected chi connectivity index (χ4v) is 4.53. The quantitative estimate of drug-likeness (QED) is 0.470. The summed E-state index contributed by atoms with van der Waals surface area (Å²) in [7, 11) is 1.72. The number of fused-ring (bicyclic) bond motifs is 1. The van der Waals surface area contributed by atoms with Crippen LogP contribution in [0.3, 0.4) is 0 Å². The van der Waals surface area contributed by atoms with E-state index >= 15 is 0 Å². The van der Waals surface area contributed by atoms with Gasteiger partial charge in [0, 0.05) is 40.9 Å². The van der Waals surface area contributed by atoms with E-state index in [1.54, 1.807) is 19.2 Å². The van der Waals surface area contributed by atoms with Gasteiger partial charge in [-0.3, -0.25) is 4.90 Å². The number of ether oxygens (including phenoxy) is 1. The Kier molecular flexibility index (Phi) is 7.23. The number of rotatable bonds is 5. The SMILES string of the molecule is CC.COc1cc(C)c2[nH]ccc2c1CN1CCCCC1c1ccc(C(=O)O)cc1N. The average molecular weight is 424 g/mol. The van der Waals surface area contributed by atoms with Crippen LogP contribution in [0.2, 0.25) is 0 Å². The second-order valence-corrected chi connectivity index (χ2v) is 7.77. The highest BCUT2D eigenvalue weighted by atomic mass is 16.5. The summed E-state index contributed by atoms with van der Waals surface area (Å²) >= 11 is 0. The standard InChI is InChI=1S/C23H27N3O3.C2H6/c1-14-11-21(29-2)18(16-8-9-25-22(14)16)13-26-10-4-3-5-20(26)17-7-6-15(23(27)28)12-19(17)24;1-2/h6-9,11-12,20,25H,3-5,10,13,24H2,1-2H3,(H,27,28);1-2H3. The number of carbonyl (C=O) groups is 1. The lowest BCUT2D eigenvalue weighted by Crippen LogP contribution is -2.33. The second kappa shape index (κ2) is 9.88. The van der Waals surface area contributed by atoms with Crippen LogP contribution < -0.4 is 10.5 Å². The molecule has 2 aromatic carbocycles. The lowest BCUT2D eigenvalue weighted by molar-refractivity contribution is 0.0697. The molecular weight excluding hydrogens is 390 g/mol. The van der Waals surface area contributed by atoms with Crippen LogP contribution in [0.1, 0.15) is 66.2 Å². The lowest BCUT2D eigenvalue weighted by Gasteiger charge is -2.37. The number of nitrogens with one attached hydrogen (secondary N) is 1. The summed E-state index contributed by atoms with van der Waals surface area (Å²) in [6.45, 7) is 7.80. The molecule has 1 atom stereocenters. The first kappa shape index (κ1) is 22.7. The van der Waals surface area contributed by atoms with Gasteiger partial charge in [0.05, 0.1) is 12.7 Å². The van der Waals surface area contributed by atoms with E-state index in [9.17, 15) is 9.90 Å². The zero-order chi connectivity index (χ0) is 22.5. The lowest BCUT2D eigenvalue weighted by atomic mass is 9.92. The van der Waals surface area contributed by atoms with Crippen molar-refractivity contribution < 1.29 is 14.6 Å². The highest BCUT2D eigenvalue weighted by molar-refractivity contribution is 5.89. The number of aryl methyl sites for hydroxylation is 1. The van der Waals surface area contributed by atoms with Gasteiger partial charge in [-0.25, -0.2) is 4.79 Å². The summed E-state index contributed by atoms with van der Waals surface area (Å²) in [5.41, 5.74) is 11.5. The number of benzene rings is 2. The maximum absolute atomic E-state index is 11.3. The van der Waals surface area contributed by atoms with Crippen LogP contribution in [-0.4, -0.2) is 34.6 Å². The van der Waals surface area contributed by atoms with Crippen molar-refractivity contribution in [2.45, 2.75) is 52.6 Å². The summed E-state index contributed by atoms with van der Waals surface area (Å²) in [4.78, 5) is 17.0. The van der Waals surface area contributed by atoms with Gasteiger partial charge in [0.25, 0.3) is 0 Å². The number of aromatic amines is 1. The number of nitrogens with two attached hydrogens (primary N) is 1. The normalized spacial score (nSPS) is 16.6. The zero-order valence-electron chi connectivity index (χ0n) is 18.9. The number of methoxy groups -OCH3 is 1. The van der Waals surface area contributed by atoms with E-state index in [1.807, 2.05) is 26.1 Å². The van der Waals surface area contributed by atoms with Gasteiger partial charge in [-0.15, -0.1) is 0 Å². The molecule has 0 amide bonds. The number of carboxylic acid groups (broad SMARTS) is 1. The average Bonchev–Trinajstić information content (AvgIpc) is 3.28. The highest BCUT2D eigenvalue weighted by Gasteiger charge is 2.27. The molecule has 1 aliphatic heterocycles. The van der Waals surface area contributed by atoms with Gasteiger partial charge in [0.15, 0.2) is 0 Å². The molecule has 0 saturated carbocycles. The van der Waals surface area contributed by atoms with Crippen molar-refractivity contribution in [3.05, 3.63) is 58.8 Å². The number of piperidine rings is 1. The summed E-state index contributed by atoms with van der Waals surface area (Å²) in [5, 5.41) is 10.4. The molecule has 0 radical (unpaired) electrons. The molecular formula is C25H33N3O3. The van der Waals surface area contributed by atoms with Crippen LogP contribution >= 0.6 is 0 Å². The topological polar surface area (TPSA) is 91.6 Å². The third kappa shape index (κ3) is 4.54. The fraction of sp³-hybridized carbons (Fsp3) is 0.400. The van der Waals surface area contributed by atoms with Crippen LogP contribution in [0.5, 0.6) is 5.75 Å². The molecule has 2 heterocycles. The molecule has 0 bridgehead atoms. The Balaban J connectivity index is 0.00000132. The number of carboxylic acids is 1. The van der Waals surface area contributed by atoms with E-state index < -0.39 is 5.97 Å². The Labute approximate surface area is 184 Å². The molecule has 1 aliphatic rings. The van der Waals surface area contributed by atoms with Crippen molar-refractivity contribution in [1.29, 1.82) is 0 Å². The van der Waals surface area contributed by atoms with Crippen LogP contribution in [-0.2, 0) is 6.54 Å². The Morgan fingerprint density at radius 2 is 2.03 bits per heavy atom. The van der Waals surface area contributed by atoms with Gasteiger partial charge in [0.2, 0.25) is 0 Å². The van der Waals surface area contributed by atoms with Crippen LogP contribution in [0.25, 0.3) is 10.9 Å². The van der Waals surface area contributed by atoms with E-state index in [1.165, 1.54) is 10.9 Å². The third-order valence-electron chi connectivity index (χ3n) is 6.00. The Hall–Kier alpha value is -2.99. The first-order chi connectivity index (χ1) is 15.0. The largest absolute Gasteiger partial charge is 0.496 e. The number of anilines is 1. The van der Waals surface area contributed by atoms with E-state index in [2.05, 4.69) is 28.9 Å². The Morgan fingerprint density at radius 1 is 1.26 bits per heavy atom. The summed E-state index contributed by atoms with van der Waals surface area (Å²) in [6, 6.07) is 9.45. The fourth-order valence-electron chi connectivity index (χ4n) is 4.53. The van der Waals surface area contributed by atoms with Gasteiger partial charge >= 0.3 is 5.97 Å². The number of nitrogen functional groups attached to an aromatic ring is 1. The number of aromatic carboxylic acids is 1. The third-order valence-corrected chi connectivity index (χ3v) is 6.00. The van der Waals surface area contributed by atoms with Crippen molar-refractivity contribution in [2.75, 3.05) is 19.4 Å². The number of H-pyrrole nitrogens is 1. The van der Waals surface area contributed by atoms with Gasteiger partial charge in [-0.1, -0.05) is 26.3 Å². The molecule has 1 fully saturated rings. The maximum Gasteiger partial charge on any atom is 0.335 e. The molecule has 166 valence electrons. The van der Waals surface area contributed by atoms with Gasteiger partial charge in [-0.05, 0) is 61.7 Å². The Morgan fingerprint density at radius 3 is 2.71 bits per heavy atom. The first-order valence-electron chi connectivity index (χ1n) is 11.0. The molecule has 1 aromatic heterocycles. The highest BCUT2D eigenvalue weighted by Crippen LogP contribution is 2.38. The van der Waals surface area contributed by atoms with E-state index in [0.717, 1.165) is 54.7 Å². The number of hydrogen-bond acceptors (Lipinski definition) is 4. The van der Waals surface area contributed by atoms with Crippen LogP contribution in [0.15, 0.2) is 36.5 Å². The molecule has 6 heteroatoms. The minimum absolute atomic E-state index is 0.159. The minimum atomic E-state index is -0.956. The van der Waals surface area contributed by atoms with Crippen molar-refractivity contribution in [2.24, 2.45) is 0 Å². The monoisotopic (exact) mass is 423 g/mol. The second-order valence-electron chi connectivity index (χ2n) is 7.77. The molecule has 0 spiro atoms. The Bertz CT molecular complexity index is 1060. The van der Waals surface area contributed by atoms with Gasteiger partial charge in [0.1, 0.15) is 5.75 Å². The smallest absolute Gasteiger partial charge is 0.335 e. The number of nitrogens with zero attached hydrogens (tertiary/aromatic N) is 1. The zero-order valence-corrected chi connectivity index (χ0v) is 18.9. The number of aromatic nitrogens is 1. The van der Waals surface area contributed by atoms with Crippen molar-refractivity contribution >= 4 is 22.6 Å². The number of hydrogen-bond donors (Lipinski definition) is 3. The first-order valence-corrected chi connectivity index (χ1v) is 11.0. The molecule has 4 N–H and O–H groups in total. The van der Waals surface area contributed by atoms with Crippen molar-refractivity contribution in [3.63, 3.8) is 0 Å². The van der Waals surface area contributed by atoms with Crippen LogP contribution in [0.4, 0.5) is 5.69 Å². The predicted octanol–water partition coefficient (Wildman–Crippen LogP) is 5.52. The minimum Gasteiger partial charge on any atom is -0.496 e. The molecule has 4 rings (SSSR count). The molecule has 6 nitrogen and oxygen atoms in total. The summed E-state index contributed by atoms with van der Waals surface area (Å²) in [5.74, 6) is -0.0592. The van der Waals surface area contributed by atoms with Crippen LogP contribution in [0, 0.1) is 6.92 Å². The van der Waals surface area contributed by atoms with Gasteiger partial charge < -0.3 is 20.6 Å². The number of likely N-dealkylation sites (tertiary alicyclic amines) is 1. The van der Waals surface area contributed by atoms with E-state index in [-0.39, 0.29) is 11.6 Å². The van der Waals surface area contributed by atoms with Crippen molar-refractivity contribution in [1.82, 2.24) is 9.88 Å². The molecule has 1 saturated heterocycles. The molecule has 0 aliphatic carbocycles. The molecule has 31 heavy (non-hydrogen) atoms. The van der Waals surface area contributed by atoms with Crippen molar-refractivity contribution in [3.8, 4) is 5.75 Å². The maximum atomic E-state index is 11.3. The summed E-state index contributed by atoms with van der Waals surface area (Å²) in [6.07, 6.45) is 5.23. The summed E-state index contributed by atoms with van der Waals surface area (Å²) < 4.78 is 5.72. The molecule has 1 unspecified atom stereocenters. The molecule has 3 aromatic rings. The van der Waals surface area contributed by atoms with E-state index in [0.29, 0.717) is 5.69 Å².